The second-order valence-electron chi connectivity index (χ2n) is 19.3. The van der Waals surface area contributed by atoms with Gasteiger partial charge < -0.3 is 80.3 Å². The summed E-state index contributed by atoms with van der Waals surface area (Å²) in [5, 5.41) is 93.4. The van der Waals surface area contributed by atoms with Crippen LogP contribution in [0.5, 0.6) is 0 Å². The van der Waals surface area contributed by atoms with E-state index in [1.54, 1.807) is 27.2 Å². The van der Waals surface area contributed by atoms with Crippen LogP contribution in [0.2, 0.25) is 0 Å². The number of aliphatic hydroxyl groups is 11. The molecule has 0 atom stereocenters. The second-order valence-corrected chi connectivity index (χ2v) is 20.3. The molecule has 14 N–H and O–H groups in total. The molecule has 0 bridgehead atoms. The molecule has 0 spiro atoms. The number of unbranched alkanes of at least 4 members (excludes halogenated alkanes) is 28. The summed E-state index contributed by atoms with van der Waals surface area (Å²) < 4.78 is 19.0. The van der Waals surface area contributed by atoms with Crippen LogP contribution in [0.3, 0.4) is 0 Å². The molecule has 0 aliphatic carbocycles. The lowest BCUT2D eigenvalue weighted by atomic mass is 10.0. The number of ether oxygens (including phenoxy) is 2. The fourth-order valence-electron chi connectivity index (χ4n) is 7.71. The molecule has 0 aliphatic heterocycles. The van der Waals surface area contributed by atoms with E-state index in [1.807, 2.05) is 0 Å². The molecule has 0 radical (unpaired) electrons. The number of hydrogen-bond acceptors (Lipinski definition) is 17. The number of rotatable bonds is 54. The largest absolute Gasteiger partial charge is 0.499 e. The van der Waals surface area contributed by atoms with Gasteiger partial charge in [0, 0.05) is 58.9 Å². The Morgan fingerprint density at radius 3 is 0.608 bits per heavy atom. The van der Waals surface area contributed by atoms with Crippen LogP contribution in [-0.4, -0.2) is 230 Å². The lowest BCUT2D eigenvalue weighted by molar-refractivity contribution is 0.136. The van der Waals surface area contributed by atoms with Crippen molar-refractivity contribution in [3.63, 3.8) is 0 Å². The van der Waals surface area contributed by atoms with Crippen molar-refractivity contribution in [3.05, 3.63) is 24.7 Å². The average molecular weight is 1170 g/mol. The molecular formula is C58H128N3O17P. The summed E-state index contributed by atoms with van der Waals surface area (Å²) >= 11 is 0. The van der Waals surface area contributed by atoms with E-state index in [9.17, 15) is 0 Å². The zero-order valence-electron chi connectivity index (χ0n) is 50.4. The fraction of sp³-hybridized carbons (Fsp3) is 0.931. The highest BCUT2D eigenvalue weighted by atomic mass is 31.2. The molecule has 0 aromatic heterocycles. The Balaban J connectivity index is -0.000000216. The maximum atomic E-state index is 8.88. The maximum absolute atomic E-state index is 8.88. The summed E-state index contributed by atoms with van der Waals surface area (Å²) in [6.45, 7) is 10.8. The molecule has 0 aromatic rings. The quantitative estimate of drug-likeness (QED) is 0.0173. The van der Waals surface area contributed by atoms with E-state index < -0.39 is 7.82 Å². The molecule has 20 nitrogen and oxygen atoms in total. The summed E-state index contributed by atoms with van der Waals surface area (Å²) in [6.07, 6.45) is 49.2. The van der Waals surface area contributed by atoms with E-state index in [1.165, 1.54) is 180 Å². The topological polar surface area (TPSA) is 328 Å². The molecular weight excluding hydrogens is 1040 g/mol. The molecule has 0 rings (SSSR count). The third kappa shape index (κ3) is 105. The number of allylic oxidation sites excluding steroid dienone is 2. The third-order valence-corrected chi connectivity index (χ3v) is 12.0. The summed E-state index contributed by atoms with van der Waals surface area (Å²) in [7, 11) is -4.64. The van der Waals surface area contributed by atoms with Crippen LogP contribution in [0.1, 0.15) is 206 Å². The summed E-state index contributed by atoms with van der Waals surface area (Å²) in [4.78, 5) is 26.9. The van der Waals surface area contributed by atoms with Gasteiger partial charge in [0.15, 0.2) is 0 Å². The van der Waals surface area contributed by atoms with Crippen molar-refractivity contribution in [1.29, 1.82) is 0 Å². The van der Waals surface area contributed by atoms with E-state index in [0.29, 0.717) is 72.1 Å². The first-order valence-electron chi connectivity index (χ1n) is 30.6. The molecule has 0 aliphatic rings. The predicted molar refractivity (Wildman–Crippen MR) is 322 cm³/mol. The molecule has 21 heteroatoms. The summed E-state index contributed by atoms with van der Waals surface area (Å²) in [6, 6.07) is 0. The van der Waals surface area contributed by atoms with Crippen LogP contribution in [0.15, 0.2) is 24.7 Å². The van der Waals surface area contributed by atoms with Crippen molar-refractivity contribution in [2.45, 2.75) is 206 Å². The van der Waals surface area contributed by atoms with E-state index >= 15 is 0 Å². The SMILES string of the molecule is CCCCCCCCCCCCCCCCC=COCCO.CCCCCCCCCCCCCCCCC=COCCO.O=P(O)(O)O.OCCN(CCO)CCO.OCCN(CCO)CCO.OCCN(CCO)CCO. The normalized spacial score (nSPS) is 11.2. The van der Waals surface area contributed by atoms with Gasteiger partial charge in [-0.25, -0.2) is 4.57 Å². The van der Waals surface area contributed by atoms with Crippen LogP contribution in [0, 0.1) is 0 Å². The highest BCUT2D eigenvalue weighted by molar-refractivity contribution is 7.45. The van der Waals surface area contributed by atoms with Crippen molar-refractivity contribution in [3.8, 4) is 0 Å². The molecule has 0 saturated carbocycles. The van der Waals surface area contributed by atoms with Crippen molar-refractivity contribution < 1.29 is 84.9 Å². The Bertz CT molecular complexity index is 982. The summed E-state index contributed by atoms with van der Waals surface area (Å²) in [5.74, 6) is 0. The monoisotopic (exact) mass is 1170 g/mol. The first-order chi connectivity index (χ1) is 38.4. The maximum Gasteiger partial charge on any atom is 0.466 e. The van der Waals surface area contributed by atoms with Crippen molar-refractivity contribution in [2.24, 2.45) is 0 Å². The zero-order chi connectivity index (χ0) is 60.2. The molecule has 0 heterocycles. The van der Waals surface area contributed by atoms with Gasteiger partial charge in [0.1, 0.15) is 13.2 Å². The van der Waals surface area contributed by atoms with Gasteiger partial charge in [-0.05, 0) is 37.8 Å². The minimum absolute atomic E-state index is 0.0694. The highest BCUT2D eigenvalue weighted by Gasteiger charge is 2.03. The molecule has 0 fully saturated rings. The molecule has 0 unspecified atom stereocenters. The van der Waals surface area contributed by atoms with Gasteiger partial charge in [-0.1, -0.05) is 181 Å². The first kappa shape index (κ1) is 88.8. The number of hydrogen-bond donors (Lipinski definition) is 14. The van der Waals surface area contributed by atoms with Crippen LogP contribution < -0.4 is 0 Å². The van der Waals surface area contributed by atoms with Crippen molar-refractivity contribution in [1.82, 2.24) is 14.7 Å². The fourth-order valence-corrected chi connectivity index (χ4v) is 7.71. The van der Waals surface area contributed by atoms with Gasteiger partial charge in [0.2, 0.25) is 0 Å². The van der Waals surface area contributed by atoms with E-state index in [4.69, 9.17) is 84.9 Å². The highest BCUT2D eigenvalue weighted by Crippen LogP contribution is 2.26. The van der Waals surface area contributed by atoms with Crippen LogP contribution >= 0.6 is 7.82 Å². The molecule has 0 amide bonds. The lowest BCUT2D eigenvalue weighted by Gasteiger charge is -2.17. The molecule has 0 saturated heterocycles. The Kier molecular flexibility index (Phi) is 96.1. The Hall–Kier alpha value is -1.37. The first-order valence-corrected chi connectivity index (χ1v) is 32.1. The van der Waals surface area contributed by atoms with Gasteiger partial charge in [-0.15, -0.1) is 0 Å². The minimum atomic E-state index is -4.64. The Labute approximate surface area is 481 Å². The van der Waals surface area contributed by atoms with Crippen molar-refractivity contribution in [2.75, 3.05) is 145 Å². The second kappa shape index (κ2) is 85.4. The van der Waals surface area contributed by atoms with Gasteiger partial charge in [0.25, 0.3) is 0 Å². The third-order valence-electron chi connectivity index (χ3n) is 12.0. The summed E-state index contributed by atoms with van der Waals surface area (Å²) in [5.41, 5.74) is 0. The number of aliphatic hydroxyl groups excluding tert-OH is 11. The smallest absolute Gasteiger partial charge is 0.466 e. The van der Waals surface area contributed by atoms with Crippen LogP contribution in [0.25, 0.3) is 0 Å². The zero-order valence-corrected chi connectivity index (χ0v) is 51.2. The Morgan fingerprint density at radius 1 is 0.291 bits per heavy atom. The van der Waals surface area contributed by atoms with Crippen LogP contribution in [0.4, 0.5) is 0 Å². The van der Waals surface area contributed by atoms with Gasteiger partial charge in [-0.3, -0.25) is 14.7 Å². The number of phosphoric acid groups is 1. The van der Waals surface area contributed by atoms with Gasteiger partial charge in [-0.2, -0.15) is 0 Å². The van der Waals surface area contributed by atoms with Gasteiger partial charge in [0.05, 0.1) is 85.2 Å². The van der Waals surface area contributed by atoms with Gasteiger partial charge >= 0.3 is 7.82 Å². The standard InChI is InChI=1S/2C20H40O2.3C6H15NO3.H3O4P/c2*1-2-3-4-5-6-7-8-9-10-11-12-13-14-15-16-17-19-22-20-18-21;3*8-4-1-7(2-5-9)3-6-10;1-5(2,3)4/h2*17,19,21H,2-16,18,20H2,1H3;3*8-10H,1-6H2;(H3,1,2,3,4). The van der Waals surface area contributed by atoms with E-state index in [2.05, 4.69) is 26.0 Å². The predicted octanol–water partition coefficient (Wildman–Crippen LogP) is 6.63. The van der Waals surface area contributed by atoms with E-state index in [0.717, 1.165) is 12.8 Å². The molecule has 482 valence electrons. The molecule has 79 heavy (non-hydrogen) atoms. The molecule has 0 aromatic carbocycles. The van der Waals surface area contributed by atoms with Crippen molar-refractivity contribution >= 4 is 7.82 Å². The minimum Gasteiger partial charge on any atom is -0.499 e. The van der Waals surface area contributed by atoms with E-state index in [-0.39, 0.29) is 72.7 Å². The Morgan fingerprint density at radius 2 is 0.456 bits per heavy atom. The lowest BCUT2D eigenvalue weighted by Crippen LogP contribution is -2.32. The number of nitrogens with zero attached hydrogens (tertiary/aromatic N) is 3. The van der Waals surface area contributed by atoms with Crippen LogP contribution in [-0.2, 0) is 14.0 Å². The average Bonchev–Trinajstić information content (AvgIpc) is 3.41.